The summed E-state index contributed by atoms with van der Waals surface area (Å²) in [5.41, 5.74) is 6.33. The fourth-order valence-electron chi connectivity index (χ4n) is 2.14. The van der Waals surface area contributed by atoms with Crippen molar-refractivity contribution in [2.75, 3.05) is 5.73 Å². The predicted molar refractivity (Wildman–Crippen MR) is 125 cm³/mol. The second-order valence-corrected chi connectivity index (χ2v) is 9.40. The molecule has 0 saturated carbocycles. The molecule has 0 bridgehead atoms. The summed E-state index contributed by atoms with van der Waals surface area (Å²) in [6.07, 6.45) is 0.0949. The number of nitrogens with two attached hydrogens (primary N) is 1. The Morgan fingerprint density at radius 2 is 1.35 bits per heavy atom. The van der Waals surface area contributed by atoms with E-state index in [9.17, 15) is 24.0 Å². The lowest BCUT2D eigenvalue weighted by atomic mass is 9.94. The van der Waals surface area contributed by atoms with Gasteiger partial charge in [-0.1, -0.05) is 52.9 Å². The number of rotatable bonds is 8. The average Bonchev–Trinajstić information content (AvgIpc) is 3.03. The molecule has 0 radical (unpaired) electrons. The van der Waals surface area contributed by atoms with Crippen LogP contribution in [0.1, 0.15) is 96.9 Å². The van der Waals surface area contributed by atoms with Crippen LogP contribution < -0.4 is 5.73 Å². The van der Waals surface area contributed by atoms with Gasteiger partial charge in [-0.3, -0.25) is 24.0 Å². The second kappa shape index (κ2) is 14.7. The number of nitrogens with zero attached hydrogens (tertiary/aromatic N) is 1. The van der Waals surface area contributed by atoms with Gasteiger partial charge in [0.2, 0.25) is 0 Å². The molecule has 7 nitrogen and oxygen atoms in total. The number of nitrogen functional groups attached to an aromatic ring is 1. The molecule has 1 rings (SSSR count). The minimum Gasteiger partial charge on any atom is -0.375 e. The maximum atomic E-state index is 11.1. The van der Waals surface area contributed by atoms with E-state index >= 15 is 0 Å². The van der Waals surface area contributed by atoms with Gasteiger partial charge in [0, 0.05) is 18.8 Å². The van der Waals surface area contributed by atoms with Crippen molar-refractivity contribution in [3.63, 3.8) is 0 Å². The largest absolute Gasteiger partial charge is 0.375 e. The first-order chi connectivity index (χ1) is 14.0. The van der Waals surface area contributed by atoms with Crippen LogP contribution in [0.3, 0.4) is 0 Å². The summed E-state index contributed by atoms with van der Waals surface area (Å²) < 4.78 is 0. The van der Waals surface area contributed by atoms with E-state index in [1.54, 1.807) is 27.7 Å². The third-order valence-electron chi connectivity index (χ3n) is 4.21. The van der Waals surface area contributed by atoms with Crippen molar-refractivity contribution >= 4 is 45.4 Å². The number of aromatic nitrogens is 1. The van der Waals surface area contributed by atoms with Gasteiger partial charge in [-0.2, -0.15) is 0 Å². The van der Waals surface area contributed by atoms with Crippen molar-refractivity contribution in [3.05, 3.63) is 10.6 Å². The van der Waals surface area contributed by atoms with Gasteiger partial charge < -0.3 is 5.73 Å². The number of hydrogen-bond acceptors (Lipinski definition) is 8. The van der Waals surface area contributed by atoms with Crippen LogP contribution in [0.4, 0.5) is 5.13 Å². The Kier molecular flexibility index (Phi) is 14.7. The Labute approximate surface area is 190 Å². The highest BCUT2D eigenvalue weighted by Gasteiger charge is 2.19. The molecule has 0 saturated heterocycles. The van der Waals surface area contributed by atoms with Gasteiger partial charge in [-0.15, -0.1) is 0 Å². The summed E-state index contributed by atoms with van der Waals surface area (Å²) in [6, 6.07) is 0. The molecular formula is C23H38N2O5S. The van der Waals surface area contributed by atoms with E-state index in [1.165, 1.54) is 25.2 Å². The van der Waals surface area contributed by atoms with E-state index in [-0.39, 0.29) is 53.1 Å². The van der Waals surface area contributed by atoms with Crippen LogP contribution in [-0.2, 0) is 19.2 Å². The Morgan fingerprint density at radius 3 is 1.55 bits per heavy atom. The lowest BCUT2D eigenvalue weighted by molar-refractivity contribution is -0.133. The number of anilines is 1. The number of ketones is 5. The van der Waals surface area contributed by atoms with Gasteiger partial charge in [0.25, 0.3) is 0 Å². The van der Waals surface area contributed by atoms with Gasteiger partial charge in [-0.05, 0) is 26.7 Å². The zero-order valence-electron chi connectivity index (χ0n) is 20.5. The molecule has 0 amide bonds. The first-order valence-electron chi connectivity index (χ1n) is 10.4. The normalized spacial score (nSPS) is 11.3. The summed E-state index contributed by atoms with van der Waals surface area (Å²) in [4.78, 5) is 58.7. The van der Waals surface area contributed by atoms with Crippen LogP contribution in [0, 0.1) is 17.8 Å². The van der Waals surface area contributed by atoms with E-state index in [0.717, 1.165) is 5.69 Å². The summed E-state index contributed by atoms with van der Waals surface area (Å²) in [5, 5.41) is 0.476. The number of thiazole rings is 1. The third-order valence-corrected chi connectivity index (χ3v) is 5.21. The summed E-state index contributed by atoms with van der Waals surface area (Å²) in [5.74, 6) is -0.166. The molecule has 1 aromatic heterocycles. The zero-order valence-corrected chi connectivity index (χ0v) is 21.3. The third kappa shape index (κ3) is 12.9. The molecule has 1 heterocycles. The minimum atomic E-state index is -0.417. The lowest BCUT2D eigenvalue weighted by Gasteiger charge is -2.08. The monoisotopic (exact) mass is 454 g/mol. The van der Waals surface area contributed by atoms with E-state index in [4.69, 9.17) is 5.73 Å². The smallest absolute Gasteiger partial charge is 0.180 e. The molecule has 0 fully saturated rings. The molecule has 2 N–H and O–H groups in total. The molecule has 8 heteroatoms. The fraction of sp³-hybridized carbons (Fsp3) is 0.652. The van der Waals surface area contributed by atoms with E-state index in [1.807, 2.05) is 27.7 Å². The SMILES string of the molecule is CC(=O)C(C)C(=O)C(C)C.CC(=O)CC(=O)C(C)C.CC(=O)c1sc(N)nc1C(C)C. The van der Waals surface area contributed by atoms with Crippen molar-refractivity contribution < 1.29 is 24.0 Å². The van der Waals surface area contributed by atoms with Crippen LogP contribution in [0.2, 0.25) is 0 Å². The molecule has 1 unspecified atom stereocenters. The molecule has 1 aromatic rings. The van der Waals surface area contributed by atoms with Crippen LogP contribution in [-0.4, -0.2) is 33.9 Å². The molecular weight excluding hydrogens is 416 g/mol. The van der Waals surface area contributed by atoms with Gasteiger partial charge in [0.05, 0.1) is 22.9 Å². The molecule has 0 aliphatic heterocycles. The summed E-state index contributed by atoms with van der Waals surface area (Å²) in [7, 11) is 0. The van der Waals surface area contributed by atoms with Crippen LogP contribution in [0.15, 0.2) is 0 Å². The standard InChI is InChI=1S/C8H12N2OS.C8H14O2.C7H12O2/c1-4(2)6-7(5(3)11)12-8(9)10-6;1-5(2)8(10)6(3)7(4)9;1-5(2)7(9)4-6(3)8/h4H,1-3H3,(H2,9,10);5-6H,1-4H3;5H,4H2,1-3H3. The number of carbonyl (C=O) groups is 5. The van der Waals surface area contributed by atoms with E-state index < -0.39 is 5.92 Å². The van der Waals surface area contributed by atoms with Crippen molar-refractivity contribution in [3.8, 4) is 0 Å². The van der Waals surface area contributed by atoms with Crippen molar-refractivity contribution in [2.24, 2.45) is 17.8 Å². The maximum Gasteiger partial charge on any atom is 0.180 e. The Morgan fingerprint density at radius 1 is 0.871 bits per heavy atom. The Hall–Kier alpha value is -2.22. The maximum absolute atomic E-state index is 11.1. The number of hydrogen-bond donors (Lipinski definition) is 1. The predicted octanol–water partition coefficient (Wildman–Crippen LogP) is 4.68. The van der Waals surface area contributed by atoms with Crippen LogP contribution in [0.25, 0.3) is 0 Å². The van der Waals surface area contributed by atoms with E-state index in [0.29, 0.717) is 10.0 Å². The van der Waals surface area contributed by atoms with Gasteiger partial charge in [-0.25, -0.2) is 4.98 Å². The minimum absolute atomic E-state index is 0.00565. The molecule has 176 valence electrons. The second-order valence-electron chi connectivity index (χ2n) is 8.37. The van der Waals surface area contributed by atoms with Gasteiger partial charge in [0.1, 0.15) is 23.1 Å². The summed E-state index contributed by atoms with van der Waals surface area (Å²) in [6.45, 7) is 17.3. The highest BCUT2D eigenvalue weighted by molar-refractivity contribution is 7.17. The van der Waals surface area contributed by atoms with Crippen LogP contribution in [0.5, 0.6) is 0 Å². The van der Waals surface area contributed by atoms with Gasteiger partial charge in [0.15, 0.2) is 10.9 Å². The first-order valence-corrected chi connectivity index (χ1v) is 11.2. The number of Topliss-reactive ketones (excluding diaryl/α,β-unsaturated/α-hetero) is 5. The van der Waals surface area contributed by atoms with Crippen molar-refractivity contribution in [1.29, 1.82) is 0 Å². The molecule has 0 aliphatic carbocycles. The average molecular weight is 455 g/mol. The zero-order chi connectivity index (χ0) is 25.0. The Balaban J connectivity index is 0. The van der Waals surface area contributed by atoms with E-state index in [2.05, 4.69) is 4.98 Å². The van der Waals surface area contributed by atoms with Crippen LogP contribution >= 0.6 is 11.3 Å². The van der Waals surface area contributed by atoms with Crippen molar-refractivity contribution in [1.82, 2.24) is 4.98 Å². The summed E-state index contributed by atoms with van der Waals surface area (Å²) >= 11 is 1.27. The fourth-order valence-corrected chi connectivity index (χ4v) is 3.03. The van der Waals surface area contributed by atoms with Gasteiger partial charge >= 0.3 is 0 Å². The van der Waals surface area contributed by atoms with Crippen molar-refractivity contribution in [2.45, 2.75) is 81.6 Å². The first kappa shape index (κ1) is 31.0. The topological polar surface area (TPSA) is 124 Å². The highest BCUT2D eigenvalue weighted by atomic mass is 32.1. The Bertz CT molecular complexity index is 779. The molecule has 0 aromatic carbocycles. The molecule has 1 atom stereocenters. The number of carbonyl (C=O) groups excluding carboxylic acids is 5. The molecule has 0 spiro atoms. The highest BCUT2D eigenvalue weighted by Crippen LogP contribution is 2.26. The lowest BCUT2D eigenvalue weighted by Crippen LogP contribution is -2.22. The molecule has 31 heavy (non-hydrogen) atoms. The molecule has 0 aliphatic rings. The quantitative estimate of drug-likeness (QED) is 0.446.